The van der Waals surface area contributed by atoms with E-state index in [-0.39, 0.29) is 11.9 Å². The van der Waals surface area contributed by atoms with Crippen LogP contribution in [0.5, 0.6) is 0 Å². The van der Waals surface area contributed by atoms with Gasteiger partial charge in [0.2, 0.25) is 0 Å². The van der Waals surface area contributed by atoms with Crippen molar-refractivity contribution in [2.75, 3.05) is 6.54 Å². The smallest absolute Gasteiger partial charge is 0.272 e. The first kappa shape index (κ1) is 12.7. The fourth-order valence-corrected chi connectivity index (χ4v) is 1.83. The maximum Gasteiger partial charge on any atom is 0.272 e. The summed E-state index contributed by atoms with van der Waals surface area (Å²) in [5, 5.41) is 4.26. The zero-order valence-electron chi connectivity index (χ0n) is 10.8. The molecule has 1 aliphatic heterocycles. The summed E-state index contributed by atoms with van der Waals surface area (Å²) in [7, 11) is 0. The largest absolute Gasteiger partial charge is 0.333 e. The lowest BCUT2D eigenvalue weighted by Gasteiger charge is -2.30. The number of carbonyl (C=O) groups excluding carboxylic acids is 1. The summed E-state index contributed by atoms with van der Waals surface area (Å²) in [5.74, 6) is 0.104. The number of hydrogen-bond donors (Lipinski definition) is 0. The van der Waals surface area contributed by atoms with Gasteiger partial charge in [0.1, 0.15) is 5.69 Å². The van der Waals surface area contributed by atoms with E-state index in [9.17, 15) is 4.79 Å². The minimum atomic E-state index is 0.104. The molecule has 0 saturated heterocycles. The third-order valence-electron chi connectivity index (χ3n) is 2.56. The number of nitrogens with zero attached hydrogens (tertiary/aromatic N) is 3. The lowest BCUT2D eigenvalue weighted by atomic mass is 10.2. The second kappa shape index (κ2) is 5.14. The molecule has 90 valence electrons. The third kappa shape index (κ3) is 2.26. The molecule has 4 nitrogen and oxygen atoms in total. The molecule has 0 aromatic carbocycles. The van der Waals surface area contributed by atoms with E-state index >= 15 is 0 Å². The number of aryl methyl sites for hydroxylation is 1. The molecule has 0 bridgehead atoms. The van der Waals surface area contributed by atoms with Crippen LogP contribution in [0.3, 0.4) is 0 Å². The summed E-state index contributed by atoms with van der Waals surface area (Å²) in [5.41, 5.74) is 1.64. The highest BCUT2D eigenvalue weighted by Gasteiger charge is 2.27. The van der Waals surface area contributed by atoms with E-state index < -0.39 is 0 Å². The van der Waals surface area contributed by atoms with E-state index in [0.29, 0.717) is 0 Å². The summed E-state index contributed by atoms with van der Waals surface area (Å²) in [6, 6.07) is 2.13. The van der Waals surface area contributed by atoms with Gasteiger partial charge in [0.05, 0.1) is 12.2 Å². The van der Waals surface area contributed by atoms with Crippen molar-refractivity contribution in [2.24, 2.45) is 0 Å². The van der Waals surface area contributed by atoms with Crippen LogP contribution < -0.4 is 0 Å². The van der Waals surface area contributed by atoms with Crippen molar-refractivity contribution < 1.29 is 4.79 Å². The highest BCUT2D eigenvalue weighted by molar-refractivity contribution is 5.93. The standard InChI is InChI=1S/C10H15N3O.C2H6/c1-7(2)12-4-5-13-9(10(12)14)6-8(3)11-13;1-2/h6-7H,4-5H2,1-3H3;1-2H3. The quantitative estimate of drug-likeness (QED) is 0.731. The second-order valence-corrected chi connectivity index (χ2v) is 3.99. The molecule has 0 radical (unpaired) electrons. The average Bonchev–Trinajstić information content (AvgIpc) is 2.62. The van der Waals surface area contributed by atoms with Crippen molar-refractivity contribution in [2.45, 2.75) is 47.2 Å². The maximum absolute atomic E-state index is 11.9. The van der Waals surface area contributed by atoms with E-state index in [4.69, 9.17) is 0 Å². The Kier molecular flexibility index (Phi) is 4.10. The van der Waals surface area contributed by atoms with Gasteiger partial charge in [0, 0.05) is 12.6 Å². The van der Waals surface area contributed by atoms with E-state index in [1.807, 2.05) is 45.6 Å². The molecule has 0 saturated carbocycles. The summed E-state index contributed by atoms with van der Waals surface area (Å²) in [4.78, 5) is 13.8. The Morgan fingerprint density at radius 2 is 1.94 bits per heavy atom. The molecule has 0 spiro atoms. The number of aromatic nitrogens is 2. The first-order valence-electron chi connectivity index (χ1n) is 5.95. The van der Waals surface area contributed by atoms with Crippen LogP contribution in [-0.4, -0.2) is 33.2 Å². The molecule has 1 aliphatic rings. The van der Waals surface area contributed by atoms with Crippen LogP contribution in [0.2, 0.25) is 0 Å². The SMILES string of the molecule is CC.Cc1cc2n(n1)CCN(C(C)C)C2=O. The lowest BCUT2D eigenvalue weighted by molar-refractivity contribution is 0.0641. The zero-order valence-corrected chi connectivity index (χ0v) is 10.8. The van der Waals surface area contributed by atoms with Crippen LogP contribution in [0.1, 0.15) is 43.9 Å². The van der Waals surface area contributed by atoms with Crippen LogP contribution in [0.4, 0.5) is 0 Å². The van der Waals surface area contributed by atoms with Crippen LogP contribution >= 0.6 is 0 Å². The number of fused-ring (bicyclic) bond motifs is 1. The van der Waals surface area contributed by atoms with E-state index in [0.717, 1.165) is 24.5 Å². The molecule has 2 rings (SSSR count). The monoisotopic (exact) mass is 223 g/mol. The van der Waals surface area contributed by atoms with Gasteiger partial charge in [-0.15, -0.1) is 0 Å². The van der Waals surface area contributed by atoms with Gasteiger partial charge in [-0.05, 0) is 26.8 Å². The highest BCUT2D eigenvalue weighted by Crippen LogP contribution is 2.15. The summed E-state index contributed by atoms with van der Waals surface area (Å²) in [6.07, 6.45) is 0. The lowest BCUT2D eigenvalue weighted by Crippen LogP contribution is -2.44. The van der Waals surface area contributed by atoms with Crippen molar-refractivity contribution in [3.8, 4) is 0 Å². The predicted molar refractivity (Wildman–Crippen MR) is 64.5 cm³/mol. The van der Waals surface area contributed by atoms with Gasteiger partial charge in [0.15, 0.2) is 0 Å². The third-order valence-corrected chi connectivity index (χ3v) is 2.56. The molecule has 0 aliphatic carbocycles. The fraction of sp³-hybridized carbons (Fsp3) is 0.667. The van der Waals surface area contributed by atoms with Crippen molar-refractivity contribution in [3.05, 3.63) is 17.5 Å². The predicted octanol–water partition coefficient (Wildman–Crippen LogP) is 2.08. The van der Waals surface area contributed by atoms with Crippen molar-refractivity contribution in [1.29, 1.82) is 0 Å². The normalized spacial score (nSPS) is 14.6. The van der Waals surface area contributed by atoms with Crippen LogP contribution in [-0.2, 0) is 6.54 Å². The number of amides is 1. The van der Waals surface area contributed by atoms with Gasteiger partial charge >= 0.3 is 0 Å². The van der Waals surface area contributed by atoms with E-state index in [1.54, 1.807) is 4.68 Å². The molecular weight excluding hydrogens is 202 g/mol. The van der Waals surface area contributed by atoms with Gasteiger partial charge in [-0.25, -0.2) is 0 Å². The summed E-state index contributed by atoms with van der Waals surface area (Å²) >= 11 is 0. The van der Waals surface area contributed by atoms with Gasteiger partial charge in [0.25, 0.3) is 5.91 Å². The molecule has 1 aromatic rings. The average molecular weight is 223 g/mol. The van der Waals surface area contributed by atoms with Crippen molar-refractivity contribution in [1.82, 2.24) is 14.7 Å². The summed E-state index contributed by atoms with van der Waals surface area (Å²) < 4.78 is 1.80. The fourth-order valence-electron chi connectivity index (χ4n) is 1.83. The van der Waals surface area contributed by atoms with Crippen molar-refractivity contribution in [3.63, 3.8) is 0 Å². The zero-order chi connectivity index (χ0) is 12.3. The molecule has 0 fully saturated rings. The van der Waals surface area contributed by atoms with Crippen LogP contribution in [0, 0.1) is 6.92 Å². The van der Waals surface area contributed by atoms with E-state index in [1.165, 1.54) is 0 Å². The molecule has 0 N–H and O–H groups in total. The molecule has 1 amide bonds. The topological polar surface area (TPSA) is 38.1 Å². The molecule has 0 atom stereocenters. The molecule has 0 unspecified atom stereocenters. The van der Waals surface area contributed by atoms with Gasteiger partial charge in [-0.3, -0.25) is 9.48 Å². The van der Waals surface area contributed by atoms with Crippen LogP contribution in [0.15, 0.2) is 6.07 Å². The second-order valence-electron chi connectivity index (χ2n) is 3.99. The molecular formula is C12H21N3O. The van der Waals surface area contributed by atoms with Gasteiger partial charge in [-0.1, -0.05) is 13.8 Å². The van der Waals surface area contributed by atoms with Gasteiger partial charge < -0.3 is 4.90 Å². The van der Waals surface area contributed by atoms with E-state index in [2.05, 4.69) is 5.10 Å². The maximum atomic E-state index is 11.9. The Morgan fingerprint density at radius 1 is 1.31 bits per heavy atom. The Bertz CT molecular complexity index is 368. The minimum Gasteiger partial charge on any atom is -0.333 e. The number of rotatable bonds is 1. The van der Waals surface area contributed by atoms with Crippen LogP contribution in [0.25, 0.3) is 0 Å². The minimum absolute atomic E-state index is 0.104. The van der Waals surface area contributed by atoms with Gasteiger partial charge in [-0.2, -0.15) is 5.10 Å². The van der Waals surface area contributed by atoms with Crippen molar-refractivity contribution >= 4 is 5.91 Å². The molecule has 2 heterocycles. The summed E-state index contributed by atoms with van der Waals surface area (Å²) in [6.45, 7) is 11.6. The first-order valence-corrected chi connectivity index (χ1v) is 5.95. The Labute approximate surface area is 97.2 Å². The Morgan fingerprint density at radius 3 is 2.50 bits per heavy atom. The Balaban J connectivity index is 0.000000606. The molecule has 16 heavy (non-hydrogen) atoms. The highest BCUT2D eigenvalue weighted by atomic mass is 16.2. The number of hydrogen-bond acceptors (Lipinski definition) is 2. The number of carbonyl (C=O) groups is 1. The Hall–Kier alpha value is -1.32. The molecule has 4 heteroatoms. The first-order chi connectivity index (χ1) is 7.59. The molecule has 1 aromatic heterocycles.